The monoisotopic (exact) mass is 454 g/mol. The summed E-state index contributed by atoms with van der Waals surface area (Å²) in [6, 6.07) is 13.2. The van der Waals surface area contributed by atoms with Crippen molar-refractivity contribution >= 4 is 40.6 Å². The number of furan rings is 1. The molecule has 1 N–H and O–H groups in total. The van der Waals surface area contributed by atoms with Crippen LogP contribution in [0.4, 0.5) is 19.3 Å². The van der Waals surface area contributed by atoms with Crippen LogP contribution in [-0.2, 0) is 9.59 Å². The molecular weight excluding hydrogens is 438 g/mol. The second kappa shape index (κ2) is 8.80. The van der Waals surface area contributed by atoms with Crippen molar-refractivity contribution in [1.82, 2.24) is 4.90 Å². The van der Waals surface area contributed by atoms with Gasteiger partial charge >= 0.3 is 0 Å². The summed E-state index contributed by atoms with van der Waals surface area (Å²) < 4.78 is 32.6. The lowest BCUT2D eigenvalue weighted by atomic mass is 10.1. The van der Waals surface area contributed by atoms with Gasteiger partial charge in [-0.2, -0.15) is 0 Å². The fourth-order valence-corrected chi connectivity index (χ4v) is 3.92. The minimum atomic E-state index is -0.786. The molecule has 0 spiro atoms. The molecule has 3 amide bonds. The number of hydrogen-bond donors (Lipinski definition) is 1. The quantitative estimate of drug-likeness (QED) is 0.536. The molecule has 0 bridgehead atoms. The molecular formula is C23H16F2N2O4S. The molecule has 2 aromatic carbocycles. The van der Waals surface area contributed by atoms with Crippen molar-refractivity contribution in [1.29, 1.82) is 0 Å². The molecule has 4 rings (SSSR count). The van der Waals surface area contributed by atoms with Crippen molar-refractivity contribution in [2.75, 3.05) is 11.9 Å². The van der Waals surface area contributed by atoms with Gasteiger partial charge in [-0.1, -0.05) is 12.1 Å². The van der Waals surface area contributed by atoms with Gasteiger partial charge in [-0.3, -0.25) is 19.3 Å². The first-order valence-electron chi connectivity index (χ1n) is 9.47. The number of imide groups is 1. The molecule has 9 heteroatoms. The third-order valence-electron chi connectivity index (χ3n) is 4.57. The van der Waals surface area contributed by atoms with Crippen molar-refractivity contribution in [3.8, 4) is 11.3 Å². The zero-order valence-electron chi connectivity index (χ0n) is 16.7. The number of nitrogens with zero attached hydrogens (tertiary/aromatic N) is 1. The van der Waals surface area contributed by atoms with E-state index in [9.17, 15) is 23.2 Å². The van der Waals surface area contributed by atoms with Crippen LogP contribution in [-0.4, -0.2) is 28.5 Å². The van der Waals surface area contributed by atoms with Gasteiger partial charge in [0, 0.05) is 17.8 Å². The summed E-state index contributed by atoms with van der Waals surface area (Å²) in [5.74, 6) is -2.29. The zero-order chi connectivity index (χ0) is 22.8. The van der Waals surface area contributed by atoms with Gasteiger partial charge in [0.15, 0.2) is 0 Å². The molecule has 32 heavy (non-hydrogen) atoms. The van der Waals surface area contributed by atoms with Crippen LogP contribution >= 0.6 is 11.8 Å². The Kier molecular flexibility index (Phi) is 5.91. The first-order chi connectivity index (χ1) is 15.3. The number of amides is 3. The fraction of sp³-hybridized carbons (Fsp3) is 0.0870. The van der Waals surface area contributed by atoms with Gasteiger partial charge in [-0.15, -0.1) is 0 Å². The van der Waals surface area contributed by atoms with Gasteiger partial charge in [-0.05, 0) is 60.6 Å². The first kappa shape index (κ1) is 21.5. The smallest absolute Gasteiger partial charge is 0.294 e. The molecule has 0 saturated carbocycles. The summed E-state index contributed by atoms with van der Waals surface area (Å²) >= 11 is 0.672. The molecule has 0 atom stereocenters. The minimum absolute atomic E-state index is 0.0620. The SMILES string of the molecule is Cc1cccc(NC(=O)CN2C(=O)S/C(=C/c3ccc(-c4ccc(F)cc4F)o3)C2=O)c1. The Hall–Kier alpha value is -3.72. The summed E-state index contributed by atoms with van der Waals surface area (Å²) in [6.45, 7) is 1.45. The van der Waals surface area contributed by atoms with Crippen molar-refractivity contribution in [3.63, 3.8) is 0 Å². The van der Waals surface area contributed by atoms with Gasteiger partial charge in [-0.25, -0.2) is 8.78 Å². The van der Waals surface area contributed by atoms with Crippen LogP contribution in [0.2, 0.25) is 0 Å². The van der Waals surface area contributed by atoms with Crippen LogP contribution in [0.1, 0.15) is 11.3 Å². The van der Waals surface area contributed by atoms with Gasteiger partial charge < -0.3 is 9.73 Å². The number of carbonyl (C=O) groups excluding carboxylic acids is 3. The third kappa shape index (κ3) is 4.62. The average Bonchev–Trinajstić information content (AvgIpc) is 3.28. The van der Waals surface area contributed by atoms with Crippen molar-refractivity contribution in [2.24, 2.45) is 0 Å². The molecule has 1 saturated heterocycles. The Morgan fingerprint density at radius 2 is 1.94 bits per heavy atom. The normalized spacial score (nSPS) is 15.0. The highest BCUT2D eigenvalue weighted by molar-refractivity contribution is 8.18. The van der Waals surface area contributed by atoms with E-state index in [-0.39, 0.29) is 22.0 Å². The van der Waals surface area contributed by atoms with E-state index in [1.807, 2.05) is 13.0 Å². The number of halogens is 2. The van der Waals surface area contributed by atoms with E-state index in [0.29, 0.717) is 17.4 Å². The Morgan fingerprint density at radius 1 is 1.12 bits per heavy atom. The van der Waals surface area contributed by atoms with E-state index in [2.05, 4.69) is 5.32 Å². The largest absolute Gasteiger partial charge is 0.457 e. The van der Waals surface area contributed by atoms with Crippen molar-refractivity contribution < 1.29 is 27.6 Å². The lowest BCUT2D eigenvalue weighted by Crippen LogP contribution is -2.36. The second-order valence-electron chi connectivity index (χ2n) is 7.01. The average molecular weight is 454 g/mol. The Balaban J connectivity index is 1.46. The summed E-state index contributed by atoms with van der Waals surface area (Å²) in [4.78, 5) is 38.1. The number of rotatable bonds is 5. The molecule has 2 heterocycles. The summed E-state index contributed by atoms with van der Waals surface area (Å²) in [5, 5.41) is 2.07. The molecule has 1 aliphatic rings. The minimum Gasteiger partial charge on any atom is -0.457 e. The molecule has 6 nitrogen and oxygen atoms in total. The maximum absolute atomic E-state index is 14.0. The summed E-state index contributed by atoms with van der Waals surface area (Å²) in [7, 11) is 0. The molecule has 0 aliphatic carbocycles. The predicted octanol–water partition coefficient (Wildman–Crippen LogP) is 5.21. The highest BCUT2D eigenvalue weighted by atomic mass is 32.2. The molecule has 3 aromatic rings. The van der Waals surface area contributed by atoms with E-state index in [4.69, 9.17) is 4.42 Å². The van der Waals surface area contributed by atoms with Gasteiger partial charge in [0.1, 0.15) is 29.7 Å². The van der Waals surface area contributed by atoms with E-state index in [0.717, 1.165) is 22.6 Å². The predicted molar refractivity (Wildman–Crippen MR) is 117 cm³/mol. The van der Waals surface area contributed by atoms with Crippen molar-refractivity contribution in [2.45, 2.75) is 6.92 Å². The number of nitrogens with one attached hydrogen (secondary N) is 1. The number of anilines is 1. The van der Waals surface area contributed by atoms with Crippen LogP contribution in [0.25, 0.3) is 17.4 Å². The number of thioether (sulfide) groups is 1. The number of carbonyl (C=O) groups is 3. The highest BCUT2D eigenvalue weighted by Crippen LogP contribution is 2.33. The third-order valence-corrected chi connectivity index (χ3v) is 5.48. The second-order valence-corrected chi connectivity index (χ2v) is 8.00. The summed E-state index contributed by atoms with van der Waals surface area (Å²) in [6.07, 6.45) is 1.34. The number of aryl methyl sites for hydroxylation is 1. The Labute approximate surface area is 185 Å². The van der Waals surface area contributed by atoms with E-state index in [1.165, 1.54) is 24.3 Å². The van der Waals surface area contributed by atoms with Gasteiger partial charge in [0.25, 0.3) is 11.1 Å². The fourth-order valence-electron chi connectivity index (χ4n) is 3.10. The van der Waals surface area contributed by atoms with Crippen molar-refractivity contribution in [3.05, 3.63) is 82.5 Å². The maximum Gasteiger partial charge on any atom is 0.294 e. The highest BCUT2D eigenvalue weighted by Gasteiger charge is 2.36. The van der Waals surface area contributed by atoms with Gasteiger partial charge in [0.05, 0.1) is 10.5 Å². The van der Waals surface area contributed by atoms with E-state index < -0.39 is 35.2 Å². The molecule has 1 aromatic heterocycles. The van der Waals surface area contributed by atoms with Crippen LogP contribution < -0.4 is 5.32 Å². The van der Waals surface area contributed by atoms with E-state index >= 15 is 0 Å². The molecule has 1 aliphatic heterocycles. The first-order valence-corrected chi connectivity index (χ1v) is 10.3. The molecule has 162 valence electrons. The van der Waals surface area contributed by atoms with Crippen LogP contribution in [0.5, 0.6) is 0 Å². The lowest BCUT2D eigenvalue weighted by molar-refractivity contribution is -0.127. The Bertz CT molecular complexity index is 1270. The number of hydrogen-bond acceptors (Lipinski definition) is 5. The molecule has 0 radical (unpaired) electrons. The maximum atomic E-state index is 14.0. The van der Waals surface area contributed by atoms with Gasteiger partial charge in [0.2, 0.25) is 5.91 Å². The topological polar surface area (TPSA) is 79.6 Å². The van der Waals surface area contributed by atoms with Crippen LogP contribution in [0.15, 0.2) is 63.9 Å². The van der Waals surface area contributed by atoms with Crippen LogP contribution in [0, 0.1) is 18.6 Å². The zero-order valence-corrected chi connectivity index (χ0v) is 17.5. The van der Waals surface area contributed by atoms with Crippen LogP contribution in [0.3, 0.4) is 0 Å². The molecule has 1 fully saturated rings. The summed E-state index contributed by atoms with van der Waals surface area (Å²) in [5.41, 5.74) is 1.58. The Morgan fingerprint density at radius 3 is 2.69 bits per heavy atom. The standard InChI is InChI=1S/C23H16F2N2O4S/c1-13-3-2-4-15(9-13)26-21(28)12-27-22(29)20(32-23(27)30)11-16-6-8-19(31-16)17-7-5-14(24)10-18(17)25/h2-11H,12H2,1H3,(H,26,28)/b20-11+. The lowest BCUT2D eigenvalue weighted by Gasteiger charge is -2.12. The number of benzene rings is 2. The van der Waals surface area contributed by atoms with E-state index in [1.54, 1.807) is 18.2 Å². The molecule has 0 unspecified atom stereocenters.